The van der Waals surface area contributed by atoms with Crippen molar-refractivity contribution >= 4 is 11.7 Å². The first kappa shape index (κ1) is 15.9. The molecule has 2 aromatic heterocycles. The standard InChI is InChI=1S/C17H22N4O/c1-13(2)6-9-19-16-11-14(7-10-20-16)17(22)21-12-15-5-3-4-8-18-15/h3-5,7-8,10-11,13H,6,9,12H2,1-2H3,(H,19,20)(H,21,22). The van der Waals surface area contributed by atoms with E-state index < -0.39 is 0 Å². The van der Waals surface area contributed by atoms with E-state index in [4.69, 9.17) is 0 Å². The molecular formula is C17H22N4O. The van der Waals surface area contributed by atoms with Gasteiger partial charge in [-0.05, 0) is 36.6 Å². The molecule has 0 unspecified atom stereocenters. The molecule has 0 aliphatic carbocycles. The average Bonchev–Trinajstić information content (AvgIpc) is 2.53. The molecule has 0 radical (unpaired) electrons. The Morgan fingerprint density at radius 2 is 2.05 bits per heavy atom. The quantitative estimate of drug-likeness (QED) is 0.825. The highest BCUT2D eigenvalue weighted by Gasteiger charge is 2.07. The van der Waals surface area contributed by atoms with Gasteiger partial charge in [-0.15, -0.1) is 0 Å². The highest BCUT2D eigenvalue weighted by atomic mass is 16.1. The third-order valence-electron chi connectivity index (χ3n) is 3.21. The molecule has 2 heterocycles. The molecular weight excluding hydrogens is 276 g/mol. The van der Waals surface area contributed by atoms with Crippen molar-refractivity contribution in [3.05, 3.63) is 54.0 Å². The van der Waals surface area contributed by atoms with E-state index in [2.05, 4.69) is 34.4 Å². The van der Waals surface area contributed by atoms with Crippen molar-refractivity contribution in [2.24, 2.45) is 5.92 Å². The van der Waals surface area contributed by atoms with Crippen LogP contribution in [-0.2, 0) is 6.54 Å². The van der Waals surface area contributed by atoms with Crippen molar-refractivity contribution in [2.45, 2.75) is 26.8 Å². The molecule has 22 heavy (non-hydrogen) atoms. The van der Waals surface area contributed by atoms with E-state index in [1.165, 1.54) is 0 Å². The van der Waals surface area contributed by atoms with Crippen LogP contribution in [0.1, 0.15) is 36.3 Å². The number of anilines is 1. The normalized spacial score (nSPS) is 10.5. The van der Waals surface area contributed by atoms with Crippen LogP contribution >= 0.6 is 0 Å². The number of carbonyl (C=O) groups excluding carboxylic acids is 1. The van der Waals surface area contributed by atoms with E-state index >= 15 is 0 Å². The molecule has 116 valence electrons. The van der Waals surface area contributed by atoms with Crippen molar-refractivity contribution in [3.63, 3.8) is 0 Å². The minimum Gasteiger partial charge on any atom is -0.370 e. The zero-order valence-electron chi connectivity index (χ0n) is 13.0. The highest BCUT2D eigenvalue weighted by Crippen LogP contribution is 2.08. The van der Waals surface area contributed by atoms with Gasteiger partial charge in [0, 0.05) is 24.5 Å². The molecule has 1 amide bonds. The number of amides is 1. The molecule has 2 N–H and O–H groups in total. The van der Waals surface area contributed by atoms with Crippen molar-refractivity contribution in [1.82, 2.24) is 15.3 Å². The summed E-state index contributed by atoms with van der Waals surface area (Å²) in [6.45, 7) is 5.62. The number of nitrogens with zero attached hydrogens (tertiary/aromatic N) is 2. The SMILES string of the molecule is CC(C)CCNc1cc(C(=O)NCc2ccccn2)ccn1. The summed E-state index contributed by atoms with van der Waals surface area (Å²) in [5.41, 5.74) is 1.43. The molecule has 2 aromatic rings. The monoisotopic (exact) mass is 298 g/mol. The molecule has 0 saturated carbocycles. The number of hydrogen-bond donors (Lipinski definition) is 2. The minimum atomic E-state index is -0.125. The summed E-state index contributed by atoms with van der Waals surface area (Å²) < 4.78 is 0. The molecule has 0 aliphatic heterocycles. The Balaban J connectivity index is 1.89. The van der Waals surface area contributed by atoms with Crippen molar-refractivity contribution < 1.29 is 4.79 Å². The van der Waals surface area contributed by atoms with Crippen LogP contribution in [0.15, 0.2) is 42.7 Å². The zero-order chi connectivity index (χ0) is 15.8. The Bertz CT molecular complexity index is 599. The molecule has 0 fully saturated rings. The third kappa shape index (κ3) is 5.16. The predicted octanol–water partition coefficient (Wildman–Crippen LogP) is 2.86. The van der Waals surface area contributed by atoms with Gasteiger partial charge in [-0.2, -0.15) is 0 Å². The number of hydrogen-bond acceptors (Lipinski definition) is 4. The fourth-order valence-electron chi connectivity index (χ4n) is 1.93. The summed E-state index contributed by atoms with van der Waals surface area (Å²) in [5.74, 6) is 1.24. The Labute approximate surface area is 131 Å². The molecule has 0 atom stereocenters. The second-order valence-corrected chi connectivity index (χ2v) is 5.54. The number of aromatic nitrogens is 2. The zero-order valence-corrected chi connectivity index (χ0v) is 13.0. The highest BCUT2D eigenvalue weighted by molar-refractivity contribution is 5.94. The number of pyridine rings is 2. The van der Waals surface area contributed by atoms with E-state index in [1.54, 1.807) is 24.5 Å². The Hall–Kier alpha value is -2.43. The van der Waals surface area contributed by atoms with Crippen molar-refractivity contribution in [3.8, 4) is 0 Å². The van der Waals surface area contributed by atoms with Crippen LogP contribution in [0.25, 0.3) is 0 Å². The average molecular weight is 298 g/mol. The molecule has 2 rings (SSSR count). The summed E-state index contributed by atoms with van der Waals surface area (Å²) >= 11 is 0. The van der Waals surface area contributed by atoms with Gasteiger partial charge in [0.15, 0.2) is 0 Å². The van der Waals surface area contributed by atoms with E-state index in [0.717, 1.165) is 24.5 Å². The van der Waals surface area contributed by atoms with Crippen molar-refractivity contribution in [1.29, 1.82) is 0 Å². The molecule has 0 bridgehead atoms. The minimum absolute atomic E-state index is 0.125. The van der Waals surface area contributed by atoms with Gasteiger partial charge in [0.05, 0.1) is 12.2 Å². The van der Waals surface area contributed by atoms with Gasteiger partial charge in [-0.1, -0.05) is 19.9 Å². The molecule has 0 spiro atoms. The van der Waals surface area contributed by atoms with Crippen LogP contribution in [0.3, 0.4) is 0 Å². The molecule has 5 nitrogen and oxygen atoms in total. The first-order valence-corrected chi connectivity index (χ1v) is 7.53. The lowest BCUT2D eigenvalue weighted by Crippen LogP contribution is -2.23. The van der Waals surface area contributed by atoms with Crippen LogP contribution in [0, 0.1) is 5.92 Å². The summed E-state index contributed by atoms with van der Waals surface area (Å²) in [7, 11) is 0. The summed E-state index contributed by atoms with van der Waals surface area (Å²) in [5, 5.41) is 6.10. The third-order valence-corrected chi connectivity index (χ3v) is 3.21. The van der Waals surface area contributed by atoms with Gasteiger partial charge < -0.3 is 10.6 Å². The summed E-state index contributed by atoms with van der Waals surface area (Å²) in [6.07, 6.45) is 4.43. The topological polar surface area (TPSA) is 66.9 Å². The molecule has 0 aliphatic rings. The lowest BCUT2D eigenvalue weighted by Gasteiger charge is -2.09. The summed E-state index contributed by atoms with van der Waals surface area (Å²) in [4.78, 5) is 20.6. The molecule has 5 heteroatoms. The molecule has 0 aromatic carbocycles. The van der Waals surface area contributed by atoms with Gasteiger partial charge >= 0.3 is 0 Å². The Morgan fingerprint density at radius 1 is 1.18 bits per heavy atom. The van der Waals surface area contributed by atoms with Gasteiger partial charge in [0.25, 0.3) is 5.91 Å². The van der Waals surface area contributed by atoms with Gasteiger partial charge in [0.2, 0.25) is 0 Å². The van der Waals surface area contributed by atoms with Gasteiger partial charge in [-0.25, -0.2) is 4.98 Å². The van der Waals surface area contributed by atoms with E-state index in [1.807, 2.05) is 18.2 Å². The molecule has 0 saturated heterocycles. The maximum absolute atomic E-state index is 12.2. The summed E-state index contributed by atoms with van der Waals surface area (Å²) in [6, 6.07) is 9.11. The largest absolute Gasteiger partial charge is 0.370 e. The van der Waals surface area contributed by atoms with Crippen LogP contribution < -0.4 is 10.6 Å². The second kappa shape index (κ2) is 8.12. The van der Waals surface area contributed by atoms with Crippen molar-refractivity contribution in [2.75, 3.05) is 11.9 Å². The maximum atomic E-state index is 12.2. The fraction of sp³-hybridized carbons (Fsp3) is 0.353. The number of rotatable bonds is 7. The number of carbonyl (C=O) groups is 1. The van der Waals surface area contributed by atoms with E-state index in [0.29, 0.717) is 18.0 Å². The lowest BCUT2D eigenvalue weighted by molar-refractivity contribution is 0.0950. The van der Waals surface area contributed by atoms with Crippen LogP contribution in [0.5, 0.6) is 0 Å². The van der Waals surface area contributed by atoms with Crippen LogP contribution in [0.4, 0.5) is 5.82 Å². The van der Waals surface area contributed by atoms with E-state index in [-0.39, 0.29) is 5.91 Å². The fourth-order valence-corrected chi connectivity index (χ4v) is 1.93. The van der Waals surface area contributed by atoms with Gasteiger partial charge in [0.1, 0.15) is 5.82 Å². The Kier molecular flexibility index (Phi) is 5.89. The Morgan fingerprint density at radius 3 is 2.77 bits per heavy atom. The second-order valence-electron chi connectivity index (χ2n) is 5.54. The van der Waals surface area contributed by atoms with Crippen LogP contribution in [-0.4, -0.2) is 22.4 Å². The first-order valence-electron chi connectivity index (χ1n) is 7.53. The maximum Gasteiger partial charge on any atom is 0.251 e. The predicted molar refractivity (Wildman–Crippen MR) is 87.6 cm³/mol. The van der Waals surface area contributed by atoms with E-state index in [9.17, 15) is 4.79 Å². The first-order chi connectivity index (χ1) is 10.6. The van der Waals surface area contributed by atoms with Crippen LogP contribution in [0.2, 0.25) is 0 Å². The lowest BCUT2D eigenvalue weighted by atomic mass is 10.1. The van der Waals surface area contributed by atoms with Gasteiger partial charge in [-0.3, -0.25) is 9.78 Å². The smallest absolute Gasteiger partial charge is 0.251 e. The number of nitrogens with one attached hydrogen (secondary N) is 2.